The van der Waals surface area contributed by atoms with E-state index in [2.05, 4.69) is 5.32 Å². The van der Waals surface area contributed by atoms with Gasteiger partial charge in [-0.05, 0) is 23.3 Å². The van der Waals surface area contributed by atoms with E-state index in [-0.39, 0.29) is 11.3 Å². The molecule has 5 heteroatoms. The normalized spacial score (nSPS) is 20.0. The summed E-state index contributed by atoms with van der Waals surface area (Å²) >= 11 is 0. The van der Waals surface area contributed by atoms with E-state index in [1.54, 1.807) is 0 Å². The molecule has 0 radical (unpaired) electrons. The molecule has 2 aromatic carbocycles. The fourth-order valence-electron chi connectivity index (χ4n) is 2.68. The third kappa shape index (κ3) is 2.32. The Kier molecular flexibility index (Phi) is 3.27. The number of hydrogen-bond donors (Lipinski definition) is 4. The fraction of sp³-hybridized carbons (Fsp3) is 0.188. The van der Waals surface area contributed by atoms with Gasteiger partial charge in [-0.1, -0.05) is 30.3 Å². The Labute approximate surface area is 121 Å². The Hall–Kier alpha value is -2.53. The summed E-state index contributed by atoms with van der Waals surface area (Å²) in [6.45, 7) is 0. The van der Waals surface area contributed by atoms with Crippen molar-refractivity contribution in [1.29, 1.82) is 0 Å². The van der Waals surface area contributed by atoms with Gasteiger partial charge in [-0.15, -0.1) is 0 Å². The van der Waals surface area contributed by atoms with E-state index in [0.29, 0.717) is 6.42 Å². The van der Waals surface area contributed by atoms with E-state index in [1.165, 1.54) is 18.2 Å². The zero-order valence-electron chi connectivity index (χ0n) is 11.2. The van der Waals surface area contributed by atoms with Crippen LogP contribution >= 0.6 is 0 Å². The van der Waals surface area contributed by atoms with Gasteiger partial charge < -0.3 is 20.6 Å². The first-order valence-corrected chi connectivity index (χ1v) is 6.65. The SMILES string of the molecule is O=C(N[C@H]1c2ccccc2C[C@H]1O)c1cccc(O)c1O. The van der Waals surface area contributed by atoms with Crippen molar-refractivity contribution in [1.82, 2.24) is 5.32 Å². The molecule has 1 aliphatic carbocycles. The molecule has 4 N–H and O–H groups in total. The fourth-order valence-corrected chi connectivity index (χ4v) is 2.68. The number of para-hydroxylation sites is 1. The number of fused-ring (bicyclic) bond motifs is 1. The molecular formula is C16H15NO4. The Morgan fingerprint density at radius 3 is 2.67 bits per heavy atom. The van der Waals surface area contributed by atoms with Gasteiger partial charge in [0.15, 0.2) is 11.5 Å². The lowest BCUT2D eigenvalue weighted by atomic mass is 10.1. The molecule has 0 saturated carbocycles. The summed E-state index contributed by atoms with van der Waals surface area (Å²) in [5.74, 6) is -1.35. The third-order valence-corrected chi connectivity index (χ3v) is 3.75. The van der Waals surface area contributed by atoms with Crippen LogP contribution in [0.15, 0.2) is 42.5 Å². The van der Waals surface area contributed by atoms with Crippen LogP contribution in [-0.4, -0.2) is 27.3 Å². The first kappa shape index (κ1) is 13.5. The van der Waals surface area contributed by atoms with Crippen molar-refractivity contribution >= 4 is 5.91 Å². The summed E-state index contributed by atoms with van der Waals surface area (Å²) in [7, 11) is 0. The average molecular weight is 285 g/mol. The topological polar surface area (TPSA) is 89.8 Å². The van der Waals surface area contributed by atoms with Gasteiger partial charge in [0.25, 0.3) is 5.91 Å². The van der Waals surface area contributed by atoms with Gasteiger partial charge in [-0.2, -0.15) is 0 Å². The second kappa shape index (κ2) is 5.10. The summed E-state index contributed by atoms with van der Waals surface area (Å²) in [5, 5.41) is 32.0. The van der Waals surface area contributed by atoms with Crippen LogP contribution in [0.1, 0.15) is 27.5 Å². The molecule has 2 aromatic rings. The van der Waals surface area contributed by atoms with Crippen LogP contribution in [0.5, 0.6) is 11.5 Å². The number of aromatic hydroxyl groups is 2. The van der Waals surface area contributed by atoms with Gasteiger partial charge >= 0.3 is 0 Å². The van der Waals surface area contributed by atoms with Crippen LogP contribution in [0.3, 0.4) is 0 Å². The van der Waals surface area contributed by atoms with E-state index in [0.717, 1.165) is 11.1 Å². The molecule has 3 rings (SSSR count). The average Bonchev–Trinajstić information content (AvgIpc) is 2.78. The maximum absolute atomic E-state index is 12.2. The molecule has 0 spiro atoms. The van der Waals surface area contributed by atoms with E-state index in [4.69, 9.17) is 0 Å². The van der Waals surface area contributed by atoms with E-state index in [1.807, 2.05) is 24.3 Å². The van der Waals surface area contributed by atoms with Crippen molar-refractivity contribution in [2.24, 2.45) is 0 Å². The van der Waals surface area contributed by atoms with Crippen LogP contribution in [0, 0.1) is 0 Å². The third-order valence-electron chi connectivity index (χ3n) is 3.75. The summed E-state index contributed by atoms with van der Waals surface area (Å²) in [5.41, 5.74) is 1.85. The highest BCUT2D eigenvalue weighted by Crippen LogP contribution is 2.33. The molecule has 2 atom stereocenters. The molecule has 1 amide bonds. The summed E-state index contributed by atoms with van der Waals surface area (Å²) in [6, 6.07) is 11.2. The van der Waals surface area contributed by atoms with Crippen molar-refractivity contribution in [2.45, 2.75) is 18.6 Å². The molecule has 0 unspecified atom stereocenters. The Morgan fingerprint density at radius 2 is 1.86 bits per heavy atom. The standard InChI is InChI=1S/C16H15NO4/c18-12-7-3-6-11(15(12)20)16(21)17-14-10-5-2-1-4-9(10)8-13(14)19/h1-7,13-14,18-20H,8H2,(H,17,21)/t13-,14+/m1/s1. The molecular weight excluding hydrogens is 270 g/mol. The van der Waals surface area contributed by atoms with Gasteiger partial charge in [-0.3, -0.25) is 4.79 Å². The molecule has 0 fully saturated rings. The number of carbonyl (C=O) groups is 1. The Balaban J connectivity index is 1.87. The number of nitrogens with one attached hydrogen (secondary N) is 1. The first-order valence-electron chi connectivity index (χ1n) is 6.65. The molecule has 0 aliphatic heterocycles. The highest BCUT2D eigenvalue weighted by Gasteiger charge is 2.32. The quantitative estimate of drug-likeness (QED) is 0.629. The van der Waals surface area contributed by atoms with Gasteiger partial charge in [-0.25, -0.2) is 0 Å². The summed E-state index contributed by atoms with van der Waals surface area (Å²) in [6.07, 6.45) is -0.224. The predicted octanol–water partition coefficient (Wildman–Crippen LogP) is 1.49. The first-order chi connectivity index (χ1) is 10.1. The van der Waals surface area contributed by atoms with Gasteiger partial charge in [0.05, 0.1) is 17.7 Å². The lowest BCUT2D eigenvalue weighted by molar-refractivity contribution is 0.0855. The van der Waals surface area contributed by atoms with Crippen LogP contribution in [0.25, 0.3) is 0 Å². The van der Waals surface area contributed by atoms with Crippen LogP contribution < -0.4 is 5.32 Å². The van der Waals surface area contributed by atoms with Crippen molar-refractivity contribution < 1.29 is 20.1 Å². The molecule has 0 bridgehead atoms. The van der Waals surface area contributed by atoms with Gasteiger partial charge in [0, 0.05) is 6.42 Å². The second-order valence-corrected chi connectivity index (χ2v) is 5.09. The Morgan fingerprint density at radius 1 is 1.10 bits per heavy atom. The minimum absolute atomic E-state index is 0.0217. The Bertz CT molecular complexity index is 698. The lowest BCUT2D eigenvalue weighted by Gasteiger charge is -2.18. The smallest absolute Gasteiger partial charge is 0.255 e. The lowest BCUT2D eigenvalue weighted by Crippen LogP contribution is -2.33. The molecule has 1 aliphatic rings. The summed E-state index contributed by atoms with van der Waals surface area (Å²) in [4.78, 5) is 12.2. The molecule has 21 heavy (non-hydrogen) atoms. The zero-order valence-corrected chi connectivity index (χ0v) is 11.2. The zero-order chi connectivity index (χ0) is 15.0. The van der Waals surface area contributed by atoms with Crippen LogP contribution in [0.4, 0.5) is 0 Å². The highest BCUT2D eigenvalue weighted by molar-refractivity contribution is 5.97. The number of hydrogen-bond acceptors (Lipinski definition) is 4. The van der Waals surface area contributed by atoms with Crippen LogP contribution in [0.2, 0.25) is 0 Å². The van der Waals surface area contributed by atoms with Crippen LogP contribution in [-0.2, 0) is 6.42 Å². The van der Waals surface area contributed by atoms with Crippen molar-refractivity contribution in [3.63, 3.8) is 0 Å². The number of benzene rings is 2. The number of rotatable bonds is 2. The molecule has 108 valence electrons. The van der Waals surface area contributed by atoms with E-state index in [9.17, 15) is 20.1 Å². The number of amides is 1. The van der Waals surface area contributed by atoms with E-state index >= 15 is 0 Å². The van der Waals surface area contributed by atoms with Crippen molar-refractivity contribution in [3.05, 3.63) is 59.2 Å². The second-order valence-electron chi connectivity index (χ2n) is 5.09. The van der Waals surface area contributed by atoms with Gasteiger partial charge in [0.1, 0.15) is 0 Å². The maximum Gasteiger partial charge on any atom is 0.255 e. The monoisotopic (exact) mass is 285 g/mol. The maximum atomic E-state index is 12.2. The minimum Gasteiger partial charge on any atom is -0.504 e. The molecule has 5 nitrogen and oxygen atoms in total. The number of phenols is 2. The molecule has 0 saturated heterocycles. The predicted molar refractivity (Wildman–Crippen MR) is 76.1 cm³/mol. The summed E-state index contributed by atoms with van der Waals surface area (Å²) < 4.78 is 0. The van der Waals surface area contributed by atoms with Crippen molar-refractivity contribution in [3.8, 4) is 11.5 Å². The number of carbonyl (C=O) groups excluding carboxylic acids is 1. The molecule has 0 aromatic heterocycles. The van der Waals surface area contributed by atoms with Crippen molar-refractivity contribution in [2.75, 3.05) is 0 Å². The number of phenolic OH excluding ortho intramolecular Hbond substituents is 2. The molecule has 0 heterocycles. The number of aliphatic hydroxyl groups is 1. The van der Waals surface area contributed by atoms with E-state index < -0.39 is 23.8 Å². The number of aliphatic hydroxyl groups excluding tert-OH is 1. The van der Waals surface area contributed by atoms with Gasteiger partial charge in [0.2, 0.25) is 0 Å². The minimum atomic E-state index is -0.703. The highest BCUT2D eigenvalue weighted by atomic mass is 16.3. The largest absolute Gasteiger partial charge is 0.504 e.